The summed E-state index contributed by atoms with van der Waals surface area (Å²) < 4.78 is 5.36. The van der Waals surface area contributed by atoms with Gasteiger partial charge in [0.15, 0.2) is 0 Å². The highest BCUT2D eigenvalue weighted by molar-refractivity contribution is 5.73. The van der Waals surface area contributed by atoms with Crippen molar-refractivity contribution in [3.63, 3.8) is 0 Å². The van der Waals surface area contributed by atoms with Crippen LogP contribution in [-0.4, -0.2) is 25.2 Å². The van der Waals surface area contributed by atoms with E-state index in [0.717, 1.165) is 12.5 Å². The molecule has 1 aliphatic heterocycles. The Hall–Kier alpha value is -0.570. The first-order valence-corrected chi connectivity index (χ1v) is 4.62. The number of rotatable bonds is 2. The molecule has 12 heavy (non-hydrogen) atoms. The summed E-state index contributed by atoms with van der Waals surface area (Å²) in [7, 11) is 0. The van der Waals surface area contributed by atoms with Gasteiger partial charge in [-0.3, -0.25) is 4.79 Å². The van der Waals surface area contributed by atoms with Crippen molar-refractivity contribution in [3.8, 4) is 0 Å². The van der Waals surface area contributed by atoms with Crippen LogP contribution in [0.4, 0.5) is 0 Å². The molecule has 0 aromatic heterocycles. The van der Waals surface area contributed by atoms with Crippen molar-refractivity contribution in [2.75, 3.05) is 13.2 Å². The van der Waals surface area contributed by atoms with E-state index in [1.54, 1.807) is 6.92 Å². The maximum atomic E-state index is 10.8. The number of nitrogens with one attached hydrogen (secondary N) is 1. The first kappa shape index (κ1) is 8.05. The fraction of sp³-hybridized carbons (Fsp3) is 0.889. The molecule has 2 aliphatic rings. The molecule has 1 saturated carbocycles. The van der Waals surface area contributed by atoms with Gasteiger partial charge in [-0.2, -0.15) is 0 Å². The zero-order valence-corrected chi connectivity index (χ0v) is 7.38. The maximum Gasteiger partial charge on any atom is 0.217 e. The topological polar surface area (TPSA) is 38.3 Å². The molecule has 0 spiro atoms. The minimum atomic E-state index is 0.0659. The molecule has 2 rings (SSSR count). The lowest BCUT2D eigenvalue weighted by Gasteiger charge is -2.16. The summed E-state index contributed by atoms with van der Waals surface area (Å²) in [6.45, 7) is 3.12. The van der Waals surface area contributed by atoms with Crippen molar-refractivity contribution < 1.29 is 9.53 Å². The molecule has 0 aromatic carbocycles. The number of ether oxygens (including phenoxy) is 1. The molecule has 0 bridgehead atoms. The van der Waals surface area contributed by atoms with Gasteiger partial charge < -0.3 is 10.1 Å². The van der Waals surface area contributed by atoms with Crippen molar-refractivity contribution in [2.45, 2.75) is 25.8 Å². The molecule has 2 fully saturated rings. The number of amides is 1. The lowest BCUT2D eigenvalue weighted by Crippen LogP contribution is -2.39. The number of hydrogen-bond donors (Lipinski definition) is 1. The lowest BCUT2D eigenvalue weighted by molar-refractivity contribution is -0.119. The Morgan fingerprint density at radius 3 is 2.75 bits per heavy atom. The molecular weight excluding hydrogens is 154 g/mol. The molecular formula is C9H15NO2. The Balaban J connectivity index is 1.89. The molecule has 1 saturated heterocycles. The van der Waals surface area contributed by atoms with Crippen molar-refractivity contribution in [3.05, 3.63) is 0 Å². The second-order valence-corrected chi connectivity index (χ2v) is 3.85. The summed E-state index contributed by atoms with van der Waals surface area (Å²) in [4.78, 5) is 10.8. The van der Waals surface area contributed by atoms with Crippen molar-refractivity contribution in [1.82, 2.24) is 5.32 Å². The quantitative estimate of drug-likeness (QED) is 0.655. The van der Waals surface area contributed by atoms with Crippen LogP contribution < -0.4 is 5.32 Å². The molecule has 3 nitrogen and oxygen atoms in total. The Labute approximate surface area is 72.5 Å². The van der Waals surface area contributed by atoms with E-state index in [1.165, 1.54) is 12.8 Å². The number of hydrogen-bond acceptors (Lipinski definition) is 2. The zero-order chi connectivity index (χ0) is 8.55. The SMILES string of the molecule is CC(=O)NC1COCC1C1CC1. The van der Waals surface area contributed by atoms with Gasteiger partial charge in [-0.05, 0) is 18.8 Å². The smallest absolute Gasteiger partial charge is 0.217 e. The Bertz CT molecular complexity index is 189. The minimum Gasteiger partial charge on any atom is -0.379 e. The Morgan fingerprint density at radius 1 is 1.42 bits per heavy atom. The van der Waals surface area contributed by atoms with Gasteiger partial charge >= 0.3 is 0 Å². The first-order valence-electron chi connectivity index (χ1n) is 4.62. The van der Waals surface area contributed by atoms with E-state index in [4.69, 9.17) is 4.74 Å². The van der Waals surface area contributed by atoms with Crippen LogP contribution in [0.2, 0.25) is 0 Å². The van der Waals surface area contributed by atoms with Crippen molar-refractivity contribution >= 4 is 5.91 Å². The molecule has 1 aliphatic carbocycles. The van der Waals surface area contributed by atoms with Gasteiger partial charge in [-0.1, -0.05) is 0 Å². The van der Waals surface area contributed by atoms with E-state index < -0.39 is 0 Å². The van der Waals surface area contributed by atoms with Crippen LogP contribution in [-0.2, 0) is 9.53 Å². The van der Waals surface area contributed by atoms with E-state index in [9.17, 15) is 4.79 Å². The zero-order valence-electron chi connectivity index (χ0n) is 7.38. The van der Waals surface area contributed by atoms with Crippen LogP contribution >= 0.6 is 0 Å². The summed E-state index contributed by atoms with van der Waals surface area (Å²) in [5.41, 5.74) is 0. The largest absolute Gasteiger partial charge is 0.379 e. The van der Waals surface area contributed by atoms with E-state index in [2.05, 4.69) is 5.32 Å². The third kappa shape index (κ3) is 1.61. The second kappa shape index (κ2) is 3.05. The average molecular weight is 169 g/mol. The third-order valence-corrected chi connectivity index (χ3v) is 2.74. The highest BCUT2D eigenvalue weighted by Gasteiger charge is 2.40. The monoisotopic (exact) mass is 169 g/mol. The van der Waals surface area contributed by atoms with Gasteiger partial charge in [-0.15, -0.1) is 0 Å². The molecule has 1 amide bonds. The summed E-state index contributed by atoms with van der Waals surface area (Å²) in [6.07, 6.45) is 2.65. The number of carbonyl (C=O) groups is 1. The summed E-state index contributed by atoms with van der Waals surface area (Å²) >= 11 is 0. The van der Waals surface area contributed by atoms with Crippen molar-refractivity contribution in [2.24, 2.45) is 11.8 Å². The molecule has 0 aromatic rings. The lowest BCUT2D eigenvalue weighted by atomic mass is 9.98. The predicted molar refractivity (Wildman–Crippen MR) is 44.6 cm³/mol. The van der Waals surface area contributed by atoms with Crippen LogP contribution in [0.5, 0.6) is 0 Å². The Morgan fingerprint density at radius 2 is 2.17 bits per heavy atom. The van der Waals surface area contributed by atoms with Gasteiger partial charge in [0, 0.05) is 12.8 Å². The van der Waals surface area contributed by atoms with Gasteiger partial charge in [0.1, 0.15) is 0 Å². The summed E-state index contributed by atoms with van der Waals surface area (Å²) in [5.74, 6) is 1.48. The third-order valence-electron chi connectivity index (χ3n) is 2.74. The van der Waals surface area contributed by atoms with E-state index >= 15 is 0 Å². The predicted octanol–water partition coefficient (Wildman–Crippen LogP) is 0.547. The molecule has 3 heteroatoms. The number of carbonyl (C=O) groups excluding carboxylic acids is 1. The second-order valence-electron chi connectivity index (χ2n) is 3.85. The fourth-order valence-corrected chi connectivity index (χ4v) is 1.97. The first-order chi connectivity index (χ1) is 5.77. The van der Waals surface area contributed by atoms with Crippen LogP contribution in [0.1, 0.15) is 19.8 Å². The molecule has 2 unspecified atom stereocenters. The van der Waals surface area contributed by atoms with Crippen molar-refractivity contribution in [1.29, 1.82) is 0 Å². The average Bonchev–Trinajstić information content (AvgIpc) is 2.73. The summed E-state index contributed by atoms with van der Waals surface area (Å²) in [6, 6.07) is 0.287. The highest BCUT2D eigenvalue weighted by Crippen LogP contribution is 2.40. The van der Waals surface area contributed by atoms with Gasteiger partial charge in [0.2, 0.25) is 5.91 Å². The maximum absolute atomic E-state index is 10.8. The molecule has 68 valence electrons. The minimum absolute atomic E-state index is 0.0659. The molecule has 1 heterocycles. The van der Waals surface area contributed by atoms with Crippen LogP contribution in [0.15, 0.2) is 0 Å². The van der Waals surface area contributed by atoms with Gasteiger partial charge in [0.25, 0.3) is 0 Å². The molecule has 2 atom stereocenters. The molecule has 0 radical (unpaired) electrons. The van der Waals surface area contributed by atoms with E-state index in [0.29, 0.717) is 12.5 Å². The van der Waals surface area contributed by atoms with E-state index in [1.807, 2.05) is 0 Å². The molecule has 1 N–H and O–H groups in total. The Kier molecular flexibility index (Phi) is 2.05. The van der Waals surface area contributed by atoms with E-state index in [-0.39, 0.29) is 11.9 Å². The van der Waals surface area contributed by atoms with Crippen LogP contribution in [0, 0.1) is 11.8 Å². The standard InChI is InChI=1S/C9H15NO2/c1-6(11)10-9-5-12-4-8(9)7-2-3-7/h7-9H,2-5H2,1H3,(H,10,11). The van der Waals surface area contributed by atoms with Gasteiger partial charge in [0.05, 0.1) is 19.3 Å². The van der Waals surface area contributed by atoms with Crippen LogP contribution in [0.25, 0.3) is 0 Å². The van der Waals surface area contributed by atoms with Crippen LogP contribution in [0.3, 0.4) is 0 Å². The van der Waals surface area contributed by atoms with Gasteiger partial charge in [-0.25, -0.2) is 0 Å². The fourth-order valence-electron chi connectivity index (χ4n) is 1.97. The normalized spacial score (nSPS) is 35.1. The highest BCUT2D eigenvalue weighted by atomic mass is 16.5. The summed E-state index contributed by atoms with van der Waals surface area (Å²) in [5, 5.41) is 2.95.